The molecule has 0 radical (unpaired) electrons. The van der Waals surface area contributed by atoms with Crippen molar-refractivity contribution in [1.29, 1.82) is 0 Å². The first-order chi connectivity index (χ1) is 12.4. The van der Waals surface area contributed by atoms with Crippen LogP contribution in [0.4, 0.5) is 5.69 Å². The fraction of sp³-hybridized carbons (Fsp3) is 0.611. The largest absolute Gasteiger partial charge is 0.369 e. The van der Waals surface area contributed by atoms with Crippen LogP contribution in [-0.2, 0) is 14.8 Å². The number of anilines is 1. The van der Waals surface area contributed by atoms with Gasteiger partial charge in [-0.1, -0.05) is 31.5 Å². The molecule has 6 nitrogen and oxygen atoms in total. The summed E-state index contributed by atoms with van der Waals surface area (Å²) in [7, 11) is -3.37. The van der Waals surface area contributed by atoms with Gasteiger partial charge in [0, 0.05) is 49.4 Å². The normalized spacial score (nSPS) is 16.1. The second kappa shape index (κ2) is 9.58. The maximum absolute atomic E-state index is 12.5. The maximum Gasteiger partial charge on any atom is 0.223 e. The molecule has 0 spiro atoms. The van der Waals surface area contributed by atoms with Gasteiger partial charge in [-0.3, -0.25) is 4.79 Å². The lowest BCUT2D eigenvalue weighted by Gasteiger charge is -2.35. The Morgan fingerprint density at radius 3 is 2.42 bits per heavy atom. The van der Waals surface area contributed by atoms with E-state index in [4.69, 9.17) is 11.6 Å². The number of nitrogens with zero attached hydrogens (tertiary/aromatic N) is 2. The number of carbonyl (C=O) groups excluding carboxylic acids is 1. The number of halogens is 1. The Morgan fingerprint density at radius 1 is 1.19 bits per heavy atom. The van der Waals surface area contributed by atoms with Crippen molar-refractivity contribution in [1.82, 2.24) is 9.62 Å². The summed E-state index contributed by atoms with van der Waals surface area (Å²) in [5, 5.41) is 3.42. The second-order valence-corrected chi connectivity index (χ2v) is 9.01. The van der Waals surface area contributed by atoms with Crippen LogP contribution in [0.2, 0.25) is 5.02 Å². The summed E-state index contributed by atoms with van der Waals surface area (Å²) in [4.78, 5) is 14.1. The minimum Gasteiger partial charge on any atom is -0.369 e. The average molecular weight is 402 g/mol. The van der Waals surface area contributed by atoms with Crippen molar-refractivity contribution in [3.8, 4) is 0 Å². The Labute approximate surface area is 161 Å². The number of sulfonamides is 1. The third kappa shape index (κ3) is 5.59. The minimum atomic E-state index is -3.37. The van der Waals surface area contributed by atoms with E-state index in [9.17, 15) is 13.2 Å². The number of piperazine rings is 1. The standard InChI is InChI=1S/C18H28ClN3O3S/c1-3-15(4-2)18(23)20-8-13-26(24,25)22-11-9-21(10-12-22)17-7-5-6-16(19)14-17/h5-7,14-15H,3-4,8-13H2,1-2H3,(H,20,23). The van der Waals surface area contributed by atoms with Crippen LogP contribution in [-0.4, -0.2) is 57.1 Å². The molecule has 26 heavy (non-hydrogen) atoms. The molecule has 1 aromatic carbocycles. The van der Waals surface area contributed by atoms with E-state index in [-0.39, 0.29) is 24.1 Å². The minimum absolute atomic E-state index is 0.0426. The predicted molar refractivity (Wildman–Crippen MR) is 106 cm³/mol. The maximum atomic E-state index is 12.5. The van der Waals surface area contributed by atoms with Gasteiger partial charge in [0.2, 0.25) is 15.9 Å². The fourth-order valence-electron chi connectivity index (χ4n) is 3.13. The van der Waals surface area contributed by atoms with Crippen LogP contribution >= 0.6 is 11.6 Å². The van der Waals surface area contributed by atoms with Crippen molar-refractivity contribution in [2.75, 3.05) is 43.4 Å². The Bertz CT molecular complexity index is 699. The van der Waals surface area contributed by atoms with Gasteiger partial charge in [0.15, 0.2) is 0 Å². The lowest BCUT2D eigenvalue weighted by atomic mass is 10.0. The van der Waals surface area contributed by atoms with E-state index in [0.717, 1.165) is 18.5 Å². The van der Waals surface area contributed by atoms with Gasteiger partial charge in [0.05, 0.1) is 5.75 Å². The molecule has 1 heterocycles. The van der Waals surface area contributed by atoms with Gasteiger partial charge in [0.1, 0.15) is 0 Å². The molecular formula is C18H28ClN3O3S. The van der Waals surface area contributed by atoms with Crippen molar-refractivity contribution >= 4 is 33.2 Å². The number of nitrogens with one attached hydrogen (secondary N) is 1. The third-order valence-electron chi connectivity index (χ3n) is 4.82. The van der Waals surface area contributed by atoms with Crippen molar-refractivity contribution in [2.45, 2.75) is 26.7 Å². The van der Waals surface area contributed by atoms with E-state index >= 15 is 0 Å². The van der Waals surface area contributed by atoms with Crippen LogP contribution in [0.5, 0.6) is 0 Å². The summed E-state index contributed by atoms with van der Waals surface area (Å²) >= 11 is 6.02. The fourth-order valence-corrected chi connectivity index (χ4v) is 4.66. The topological polar surface area (TPSA) is 69.7 Å². The molecule has 0 aliphatic carbocycles. The van der Waals surface area contributed by atoms with Crippen molar-refractivity contribution in [3.63, 3.8) is 0 Å². The van der Waals surface area contributed by atoms with Gasteiger partial charge < -0.3 is 10.2 Å². The molecule has 1 N–H and O–H groups in total. The van der Waals surface area contributed by atoms with E-state index < -0.39 is 10.0 Å². The zero-order valence-electron chi connectivity index (χ0n) is 15.4. The molecule has 0 bridgehead atoms. The summed E-state index contributed by atoms with van der Waals surface area (Å²) in [5.41, 5.74) is 1.01. The third-order valence-corrected chi connectivity index (χ3v) is 6.93. The zero-order valence-corrected chi connectivity index (χ0v) is 17.0. The van der Waals surface area contributed by atoms with E-state index in [1.54, 1.807) is 0 Å². The molecule has 1 fully saturated rings. The van der Waals surface area contributed by atoms with Crippen LogP contribution in [0.3, 0.4) is 0 Å². The lowest BCUT2D eigenvalue weighted by Crippen LogP contribution is -2.50. The first-order valence-corrected chi connectivity index (χ1v) is 11.1. The summed E-state index contributed by atoms with van der Waals surface area (Å²) in [6.07, 6.45) is 1.53. The summed E-state index contributed by atoms with van der Waals surface area (Å²) in [6.45, 7) is 6.21. The number of rotatable bonds is 8. The molecule has 146 valence electrons. The highest BCUT2D eigenvalue weighted by atomic mass is 35.5. The molecule has 1 aliphatic rings. The highest BCUT2D eigenvalue weighted by molar-refractivity contribution is 7.89. The molecule has 1 saturated heterocycles. The van der Waals surface area contributed by atoms with Crippen LogP contribution in [0, 0.1) is 5.92 Å². The molecule has 8 heteroatoms. The number of hydrogen-bond acceptors (Lipinski definition) is 4. The Balaban J connectivity index is 1.83. The van der Waals surface area contributed by atoms with Crippen LogP contribution < -0.4 is 10.2 Å². The second-order valence-electron chi connectivity index (χ2n) is 6.49. The van der Waals surface area contributed by atoms with E-state index in [0.29, 0.717) is 31.2 Å². The van der Waals surface area contributed by atoms with E-state index in [2.05, 4.69) is 10.2 Å². The van der Waals surface area contributed by atoms with Gasteiger partial charge in [-0.15, -0.1) is 0 Å². The van der Waals surface area contributed by atoms with Crippen LogP contribution in [0.25, 0.3) is 0 Å². The molecule has 1 aliphatic heterocycles. The molecule has 0 atom stereocenters. The SMILES string of the molecule is CCC(CC)C(=O)NCCS(=O)(=O)N1CCN(c2cccc(Cl)c2)CC1. The first kappa shape index (κ1) is 21.0. The molecule has 1 aromatic rings. The lowest BCUT2D eigenvalue weighted by molar-refractivity contribution is -0.125. The van der Waals surface area contributed by atoms with Crippen molar-refractivity contribution in [3.05, 3.63) is 29.3 Å². The summed E-state index contributed by atoms with van der Waals surface area (Å²) in [6, 6.07) is 7.58. The van der Waals surface area contributed by atoms with E-state index in [1.807, 2.05) is 38.1 Å². The highest BCUT2D eigenvalue weighted by Gasteiger charge is 2.27. The van der Waals surface area contributed by atoms with Gasteiger partial charge >= 0.3 is 0 Å². The van der Waals surface area contributed by atoms with Gasteiger partial charge in [-0.2, -0.15) is 4.31 Å². The van der Waals surface area contributed by atoms with Crippen LogP contribution in [0.15, 0.2) is 24.3 Å². The predicted octanol–water partition coefficient (Wildman–Crippen LogP) is 2.34. The van der Waals surface area contributed by atoms with Gasteiger partial charge in [0.25, 0.3) is 0 Å². The van der Waals surface area contributed by atoms with Crippen molar-refractivity contribution < 1.29 is 13.2 Å². The smallest absolute Gasteiger partial charge is 0.223 e. The Hall–Kier alpha value is -1.31. The molecule has 1 amide bonds. The molecule has 0 aromatic heterocycles. The quantitative estimate of drug-likeness (QED) is 0.725. The number of amides is 1. The number of benzene rings is 1. The number of hydrogen-bond donors (Lipinski definition) is 1. The first-order valence-electron chi connectivity index (χ1n) is 9.13. The molecule has 0 unspecified atom stereocenters. The number of carbonyl (C=O) groups is 1. The van der Waals surface area contributed by atoms with Gasteiger partial charge in [-0.25, -0.2) is 8.42 Å². The summed E-state index contributed by atoms with van der Waals surface area (Å²) in [5.74, 6) is -0.161. The average Bonchev–Trinajstić information content (AvgIpc) is 2.63. The Kier molecular flexibility index (Phi) is 7.73. The summed E-state index contributed by atoms with van der Waals surface area (Å²) < 4.78 is 26.5. The molecule has 2 rings (SSSR count). The monoisotopic (exact) mass is 401 g/mol. The molecular weight excluding hydrogens is 374 g/mol. The van der Waals surface area contributed by atoms with Crippen molar-refractivity contribution in [2.24, 2.45) is 5.92 Å². The molecule has 0 saturated carbocycles. The zero-order chi connectivity index (χ0) is 19.2. The van der Waals surface area contributed by atoms with Gasteiger partial charge in [-0.05, 0) is 31.0 Å². The van der Waals surface area contributed by atoms with Crippen LogP contribution in [0.1, 0.15) is 26.7 Å². The van der Waals surface area contributed by atoms with E-state index in [1.165, 1.54) is 4.31 Å². The highest BCUT2D eigenvalue weighted by Crippen LogP contribution is 2.21. The Morgan fingerprint density at radius 2 is 1.85 bits per heavy atom.